The zero-order valence-electron chi connectivity index (χ0n) is 11.1. The molecule has 2 aliphatic carbocycles. The van der Waals surface area contributed by atoms with E-state index in [0.717, 1.165) is 0 Å². The third-order valence-corrected chi connectivity index (χ3v) is 6.52. The highest BCUT2D eigenvalue weighted by Crippen LogP contribution is 2.49. The molecule has 3 heteroatoms. The predicted octanol–water partition coefficient (Wildman–Crippen LogP) is 4.90. The van der Waals surface area contributed by atoms with E-state index in [9.17, 15) is 0 Å². The number of halogens is 1. The van der Waals surface area contributed by atoms with Crippen molar-refractivity contribution in [2.24, 2.45) is 5.41 Å². The summed E-state index contributed by atoms with van der Waals surface area (Å²) in [6, 6.07) is 3.05. The second kappa shape index (κ2) is 5.41. The molecule has 1 heterocycles. The number of aryl methyl sites for hydroxylation is 1. The summed E-state index contributed by atoms with van der Waals surface area (Å²) in [5.74, 6) is 0. The number of rotatable bonds is 5. The normalized spacial score (nSPS) is 24.9. The van der Waals surface area contributed by atoms with Crippen LogP contribution in [0.2, 0.25) is 0 Å². The van der Waals surface area contributed by atoms with E-state index < -0.39 is 0 Å². The molecule has 1 saturated carbocycles. The van der Waals surface area contributed by atoms with Gasteiger partial charge in [-0.3, -0.25) is 0 Å². The average Bonchev–Trinajstić information content (AvgIpc) is 3.00. The maximum absolute atomic E-state index is 3.88. The summed E-state index contributed by atoms with van der Waals surface area (Å²) < 4.78 is 1.46. The van der Waals surface area contributed by atoms with Crippen molar-refractivity contribution >= 4 is 33.9 Å². The van der Waals surface area contributed by atoms with Gasteiger partial charge in [0.15, 0.2) is 0 Å². The Balaban J connectivity index is 1.64. The van der Waals surface area contributed by atoms with E-state index in [1.54, 1.807) is 10.4 Å². The van der Waals surface area contributed by atoms with Gasteiger partial charge in [0.25, 0.3) is 0 Å². The molecule has 1 nitrogen and oxygen atoms in total. The third kappa shape index (κ3) is 2.78. The second-order valence-electron chi connectivity index (χ2n) is 6.00. The quantitative estimate of drug-likeness (QED) is 0.722. The van der Waals surface area contributed by atoms with Crippen LogP contribution in [0.25, 0.3) is 0 Å². The van der Waals surface area contributed by atoms with Crippen molar-refractivity contribution in [3.8, 4) is 0 Å². The van der Waals surface area contributed by atoms with Gasteiger partial charge in [-0.15, -0.1) is 11.3 Å². The van der Waals surface area contributed by atoms with Gasteiger partial charge >= 0.3 is 0 Å². The standard InChI is InChI=1S/C15H22INS/c1-2-6-15(7-8-15)10-17-12-4-3-5-13-11(12)9-14(16)18-13/h9,12,17H,2-8,10H2,1H3. The topological polar surface area (TPSA) is 12.0 Å². The van der Waals surface area contributed by atoms with Crippen LogP contribution in [0.3, 0.4) is 0 Å². The fourth-order valence-corrected chi connectivity index (χ4v) is 5.41. The number of nitrogens with one attached hydrogen (secondary N) is 1. The van der Waals surface area contributed by atoms with Crippen molar-refractivity contribution in [2.45, 2.75) is 57.9 Å². The molecule has 0 radical (unpaired) electrons. The SMILES string of the molecule is CCCC1(CNC2CCCc3sc(I)cc32)CC1. The lowest BCUT2D eigenvalue weighted by Gasteiger charge is -2.26. The molecule has 1 aromatic rings. The molecule has 100 valence electrons. The highest BCUT2D eigenvalue weighted by atomic mass is 127. The second-order valence-corrected chi connectivity index (χ2v) is 9.04. The van der Waals surface area contributed by atoms with Crippen LogP contribution in [0, 0.1) is 8.30 Å². The molecule has 0 aliphatic heterocycles. The average molecular weight is 375 g/mol. The molecular weight excluding hydrogens is 353 g/mol. The van der Waals surface area contributed by atoms with E-state index in [2.05, 4.69) is 40.9 Å². The fourth-order valence-electron chi connectivity index (χ4n) is 3.30. The van der Waals surface area contributed by atoms with E-state index in [1.165, 1.54) is 54.4 Å². The molecule has 2 aliphatic rings. The molecule has 0 amide bonds. The first-order valence-electron chi connectivity index (χ1n) is 7.24. The van der Waals surface area contributed by atoms with Crippen molar-refractivity contribution < 1.29 is 0 Å². The maximum atomic E-state index is 3.88. The Hall–Kier alpha value is 0.390. The maximum Gasteiger partial charge on any atom is 0.0659 e. The lowest BCUT2D eigenvalue weighted by molar-refractivity contribution is 0.369. The van der Waals surface area contributed by atoms with Gasteiger partial charge in [-0.25, -0.2) is 0 Å². The van der Waals surface area contributed by atoms with E-state index >= 15 is 0 Å². The van der Waals surface area contributed by atoms with Crippen LogP contribution in [0.15, 0.2) is 6.07 Å². The molecule has 1 aromatic heterocycles. The molecule has 0 saturated heterocycles. The highest BCUT2D eigenvalue weighted by Gasteiger charge is 2.41. The minimum atomic E-state index is 0.642. The summed E-state index contributed by atoms with van der Waals surface area (Å²) in [4.78, 5) is 1.64. The Morgan fingerprint density at radius 1 is 1.50 bits per heavy atom. The summed E-state index contributed by atoms with van der Waals surface area (Å²) in [6.45, 7) is 3.57. The molecular formula is C15H22INS. The first kappa shape index (κ1) is 13.4. The Bertz CT molecular complexity index is 422. The zero-order chi connectivity index (χ0) is 12.6. The summed E-state index contributed by atoms with van der Waals surface area (Å²) in [7, 11) is 0. The Morgan fingerprint density at radius 3 is 3.06 bits per heavy atom. The van der Waals surface area contributed by atoms with Crippen LogP contribution in [-0.4, -0.2) is 6.54 Å². The van der Waals surface area contributed by atoms with E-state index in [-0.39, 0.29) is 0 Å². The lowest BCUT2D eigenvalue weighted by Crippen LogP contribution is -2.30. The first-order valence-corrected chi connectivity index (χ1v) is 9.13. The molecule has 1 unspecified atom stereocenters. The number of hydrogen-bond donors (Lipinski definition) is 1. The predicted molar refractivity (Wildman–Crippen MR) is 87.3 cm³/mol. The van der Waals surface area contributed by atoms with Crippen molar-refractivity contribution in [1.82, 2.24) is 5.32 Å². The first-order chi connectivity index (χ1) is 8.72. The summed E-state index contributed by atoms with van der Waals surface area (Å²) >= 11 is 4.47. The van der Waals surface area contributed by atoms with E-state index in [1.807, 2.05) is 11.3 Å². The van der Waals surface area contributed by atoms with Gasteiger partial charge in [-0.1, -0.05) is 13.3 Å². The largest absolute Gasteiger partial charge is 0.309 e. The lowest BCUT2D eigenvalue weighted by atomic mass is 9.92. The smallest absolute Gasteiger partial charge is 0.0659 e. The monoisotopic (exact) mass is 375 g/mol. The fraction of sp³-hybridized carbons (Fsp3) is 0.733. The molecule has 1 atom stereocenters. The molecule has 0 spiro atoms. The summed E-state index contributed by atoms with van der Waals surface area (Å²) in [5.41, 5.74) is 2.29. The number of fused-ring (bicyclic) bond motifs is 1. The van der Waals surface area contributed by atoms with Gasteiger partial charge in [0.1, 0.15) is 0 Å². The Morgan fingerprint density at radius 2 is 2.33 bits per heavy atom. The Labute approximate surface area is 128 Å². The van der Waals surface area contributed by atoms with Crippen molar-refractivity contribution in [3.63, 3.8) is 0 Å². The van der Waals surface area contributed by atoms with Gasteiger partial charge in [-0.05, 0) is 78.2 Å². The van der Waals surface area contributed by atoms with Gasteiger partial charge < -0.3 is 5.32 Å². The van der Waals surface area contributed by atoms with Crippen molar-refractivity contribution in [3.05, 3.63) is 19.4 Å². The van der Waals surface area contributed by atoms with Crippen LogP contribution in [0.5, 0.6) is 0 Å². The van der Waals surface area contributed by atoms with Gasteiger partial charge in [-0.2, -0.15) is 0 Å². The summed E-state index contributed by atoms with van der Waals surface area (Å²) in [6.07, 6.45) is 9.67. The van der Waals surface area contributed by atoms with Crippen LogP contribution < -0.4 is 5.32 Å². The molecule has 1 fully saturated rings. The van der Waals surface area contributed by atoms with Crippen LogP contribution >= 0.6 is 33.9 Å². The van der Waals surface area contributed by atoms with E-state index in [0.29, 0.717) is 11.5 Å². The van der Waals surface area contributed by atoms with Crippen LogP contribution in [0.1, 0.15) is 61.9 Å². The van der Waals surface area contributed by atoms with Crippen molar-refractivity contribution in [2.75, 3.05) is 6.54 Å². The number of thiophene rings is 1. The minimum Gasteiger partial charge on any atom is -0.309 e. The molecule has 18 heavy (non-hydrogen) atoms. The molecule has 0 aromatic carbocycles. The summed E-state index contributed by atoms with van der Waals surface area (Å²) in [5, 5.41) is 3.88. The van der Waals surface area contributed by atoms with Crippen LogP contribution in [-0.2, 0) is 6.42 Å². The number of hydrogen-bond acceptors (Lipinski definition) is 2. The Kier molecular flexibility index (Phi) is 4.02. The zero-order valence-corrected chi connectivity index (χ0v) is 14.1. The van der Waals surface area contributed by atoms with Crippen molar-refractivity contribution in [1.29, 1.82) is 0 Å². The van der Waals surface area contributed by atoms with Gasteiger partial charge in [0.05, 0.1) is 2.88 Å². The van der Waals surface area contributed by atoms with Crippen LogP contribution in [0.4, 0.5) is 0 Å². The van der Waals surface area contributed by atoms with Gasteiger partial charge in [0, 0.05) is 17.5 Å². The molecule has 0 bridgehead atoms. The third-order valence-electron chi connectivity index (χ3n) is 4.54. The van der Waals surface area contributed by atoms with E-state index in [4.69, 9.17) is 0 Å². The highest BCUT2D eigenvalue weighted by molar-refractivity contribution is 14.1. The minimum absolute atomic E-state index is 0.642. The van der Waals surface area contributed by atoms with Gasteiger partial charge in [0.2, 0.25) is 0 Å². The molecule has 3 rings (SSSR count). The molecule has 1 N–H and O–H groups in total.